The van der Waals surface area contributed by atoms with E-state index in [4.69, 9.17) is 27.3 Å². The van der Waals surface area contributed by atoms with Gasteiger partial charge in [0.25, 0.3) is 5.56 Å². The minimum atomic E-state index is -0.104. The second-order valence-corrected chi connectivity index (χ2v) is 9.14. The second kappa shape index (κ2) is 9.00. The molecule has 5 rings (SSSR count). The zero-order chi connectivity index (χ0) is 22.9. The van der Waals surface area contributed by atoms with Crippen molar-refractivity contribution < 1.29 is 0 Å². The summed E-state index contributed by atoms with van der Waals surface area (Å²) in [6, 6.07) is 17.8. The number of aromatic nitrogens is 4. The van der Waals surface area contributed by atoms with Crippen molar-refractivity contribution in [2.45, 2.75) is 31.8 Å². The quantitative estimate of drug-likeness (QED) is 0.492. The van der Waals surface area contributed by atoms with Gasteiger partial charge in [0.1, 0.15) is 5.82 Å². The second-order valence-electron chi connectivity index (χ2n) is 8.70. The molecule has 2 aromatic carbocycles. The number of nitrogens with zero attached hydrogens (tertiary/aromatic N) is 5. The summed E-state index contributed by atoms with van der Waals surface area (Å²) in [7, 11) is 1.77. The number of benzene rings is 2. The highest BCUT2D eigenvalue weighted by atomic mass is 35.5. The van der Waals surface area contributed by atoms with E-state index in [2.05, 4.69) is 17.0 Å². The molecule has 0 bridgehead atoms. The maximum absolute atomic E-state index is 13.6. The molecule has 1 aliphatic heterocycles. The standard InChI is InChI=1S/C25H27ClN6O/c1-30-21(14-18-9-5-10-19(26)13-18)28-23-22(24(30)33)32(15-17-7-3-2-4-8-17)25(29-23)31-12-6-11-20(27)16-31/h2-5,7-10,13,20H,6,11-12,14-16,27H2,1H3. The van der Waals surface area contributed by atoms with Gasteiger partial charge in [-0.3, -0.25) is 13.9 Å². The monoisotopic (exact) mass is 462 g/mol. The van der Waals surface area contributed by atoms with Crippen LogP contribution in [0.5, 0.6) is 0 Å². The van der Waals surface area contributed by atoms with Crippen LogP contribution in [0.4, 0.5) is 5.95 Å². The summed E-state index contributed by atoms with van der Waals surface area (Å²) in [6.07, 6.45) is 2.50. The normalized spacial score (nSPS) is 16.5. The molecule has 1 fully saturated rings. The molecule has 0 aliphatic carbocycles. The van der Waals surface area contributed by atoms with Crippen LogP contribution in [0.2, 0.25) is 5.02 Å². The van der Waals surface area contributed by atoms with Gasteiger partial charge in [0.2, 0.25) is 5.95 Å². The topological polar surface area (TPSA) is 82.0 Å². The maximum Gasteiger partial charge on any atom is 0.279 e. The van der Waals surface area contributed by atoms with E-state index in [9.17, 15) is 4.79 Å². The molecule has 33 heavy (non-hydrogen) atoms. The first-order valence-electron chi connectivity index (χ1n) is 11.2. The molecule has 0 amide bonds. The van der Waals surface area contributed by atoms with Crippen molar-refractivity contribution in [2.24, 2.45) is 12.8 Å². The average Bonchev–Trinajstić information content (AvgIpc) is 3.16. The lowest BCUT2D eigenvalue weighted by molar-refractivity contribution is 0.495. The molecule has 170 valence electrons. The van der Waals surface area contributed by atoms with Crippen LogP contribution in [0, 0.1) is 0 Å². The third-order valence-corrected chi connectivity index (χ3v) is 6.47. The smallest absolute Gasteiger partial charge is 0.279 e. The van der Waals surface area contributed by atoms with Gasteiger partial charge in [0.15, 0.2) is 11.2 Å². The largest absolute Gasteiger partial charge is 0.341 e. The summed E-state index contributed by atoms with van der Waals surface area (Å²) < 4.78 is 3.62. The van der Waals surface area contributed by atoms with Gasteiger partial charge in [-0.1, -0.05) is 54.1 Å². The van der Waals surface area contributed by atoms with Gasteiger partial charge in [-0.2, -0.15) is 4.98 Å². The number of nitrogens with two attached hydrogens (primary N) is 1. The number of anilines is 1. The molecule has 0 spiro atoms. The lowest BCUT2D eigenvalue weighted by Crippen LogP contribution is -2.44. The van der Waals surface area contributed by atoms with Crippen molar-refractivity contribution in [3.05, 3.63) is 86.9 Å². The molecule has 2 aromatic heterocycles. The van der Waals surface area contributed by atoms with E-state index < -0.39 is 0 Å². The van der Waals surface area contributed by atoms with E-state index in [0.29, 0.717) is 41.5 Å². The third kappa shape index (κ3) is 4.38. The molecule has 2 N–H and O–H groups in total. The predicted molar refractivity (Wildman–Crippen MR) is 132 cm³/mol. The Kier molecular flexibility index (Phi) is 5.91. The first-order valence-corrected chi connectivity index (χ1v) is 11.6. The molecule has 8 heteroatoms. The fraction of sp³-hybridized carbons (Fsp3) is 0.320. The Hall–Kier alpha value is -3.16. The summed E-state index contributed by atoms with van der Waals surface area (Å²) in [5, 5.41) is 0.662. The van der Waals surface area contributed by atoms with E-state index >= 15 is 0 Å². The van der Waals surface area contributed by atoms with E-state index in [1.54, 1.807) is 11.6 Å². The molecule has 0 saturated carbocycles. The molecule has 3 heterocycles. The fourth-order valence-electron chi connectivity index (χ4n) is 4.53. The molecule has 1 atom stereocenters. The lowest BCUT2D eigenvalue weighted by atomic mass is 10.1. The van der Waals surface area contributed by atoms with Crippen molar-refractivity contribution in [1.82, 2.24) is 19.1 Å². The number of fused-ring (bicyclic) bond motifs is 1. The Balaban J connectivity index is 1.64. The molecule has 7 nitrogen and oxygen atoms in total. The highest BCUT2D eigenvalue weighted by Crippen LogP contribution is 2.24. The van der Waals surface area contributed by atoms with Crippen molar-refractivity contribution >= 4 is 28.7 Å². The van der Waals surface area contributed by atoms with Crippen LogP contribution in [-0.2, 0) is 20.0 Å². The number of hydrogen-bond donors (Lipinski definition) is 1. The number of rotatable bonds is 5. The zero-order valence-electron chi connectivity index (χ0n) is 18.6. The fourth-order valence-corrected chi connectivity index (χ4v) is 4.74. The number of halogens is 1. The highest BCUT2D eigenvalue weighted by Gasteiger charge is 2.25. The summed E-state index contributed by atoms with van der Waals surface area (Å²) in [5.41, 5.74) is 9.25. The minimum absolute atomic E-state index is 0.0953. The summed E-state index contributed by atoms with van der Waals surface area (Å²) in [6.45, 7) is 2.12. The number of piperidine rings is 1. The van der Waals surface area contributed by atoms with Crippen molar-refractivity contribution in [3.63, 3.8) is 0 Å². The Morgan fingerprint density at radius 2 is 1.88 bits per heavy atom. The SMILES string of the molecule is Cn1c(Cc2cccc(Cl)c2)nc2nc(N3CCCC(N)C3)n(Cc3ccccc3)c2c1=O. The van der Waals surface area contributed by atoms with Crippen LogP contribution in [0.3, 0.4) is 0 Å². The Bertz CT molecular complexity index is 1350. The van der Waals surface area contributed by atoms with E-state index in [-0.39, 0.29) is 11.6 Å². The predicted octanol–water partition coefficient (Wildman–Crippen LogP) is 3.35. The van der Waals surface area contributed by atoms with Crippen molar-refractivity contribution in [3.8, 4) is 0 Å². The van der Waals surface area contributed by atoms with Crippen LogP contribution in [0.25, 0.3) is 11.2 Å². The van der Waals surface area contributed by atoms with E-state index in [1.165, 1.54) is 0 Å². The van der Waals surface area contributed by atoms with Crippen molar-refractivity contribution in [1.29, 1.82) is 0 Å². The van der Waals surface area contributed by atoms with Gasteiger partial charge in [-0.05, 0) is 36.1 Å². The Labute approximate surface area is 197 Å². The average molecular weight is 463 g/mol. The summed E-state index contributed by atoms with van der Waals surface area (Å²) in [4.78, 5) is 25.5. The van der Waals surface area contributed by atoms with E-state index in [0.717, 1.165) is 36.5 Å². The van der Waals surface area contributed by atoms with Crippen LogP contribution in [0.1, 0.15) is 29.8 Å². The molecule has 1 aliphatic rings. The van der Waals surface area contributed by atoms with Gasteiger partial charge in [-0.15, -0.1) is 0 Å². The highest BCUT2D eigenvalue weighted by molar-refractivity contribution is 6.30. The minimum Gasteiger partial charge on any atom is -0.341 e. The first-order chi connectivity index (χ1) is 16.0. The van der Waals surface area contributed by atoms with Crippen LogP contribution in [-0.4, -0.2) is 38.2 Å². The molecule has 1 unspecified atom stereocenters. The van der Waals surface area contributed by atoms with Gasteiger partial charge < -0.3 is 10.6 Å². The summed E-state index contributed by atoms with van der Waals surface area (Å²) >= 11 is 6.16. The summed E-state index contributed by atoms with van der Waals surface area (Å²) in [5.74, 6) is 1.41. The van der Waals surface area contributed by atoms with Gasteiger partial charge >= 0.3 is 0 Å². The molecule has 0 radical (unpaired) electrons. The molecular formula is C25H27ClN6O. The molecular weight excluding hydrogens is 436 g/mol. The number of imidazole rings is 1. The van der Waals surface area contributed by atoms with Crippen molar-refractivity contribution in [2.75, 3.05) is 18.0 Å². The van der Waals surface area contributed by atoms with E-state index in [1.807, 2.05) is 47.0 Å². The lowest BCUT2D eigenvalue weighted by Gasteiger charge is -2.31. The Morgan fingerprint density at radius 1 is 1.09 bits per heavy atom. The van der Waals surface area contributed by atoms with Crippen LogP contribution >= 0.6 is 11.6 Å². The third-order valence-electron chi connectivity index (χ3n) is 6.23. The first kappa shape index (κ1) is 21.7. The van der Waals surface area contributed by atoms with Gasteiger partial charge in [-0.25, -0.2) is 4.98 Å². The molecule has 1 saturated heterocycles. The maximum atomic E-state index is 13.6. The van der Waals surface area contributed by atoms with Crippen LogP contribution in [0.15, 0.2) is 59.4 Å². The number of hydrogen-bond acceptors (Lipinski definition) is 5. The Morgan fingerprint density at radius 3 is 2.64 bits per heavy atom. The van der Waals surface area contributed by atoms with Crippen LogP contribution < -0.4 is 16.2 Å². The molecule has 4 aromatic rings. The van der Waals surface area contributed by atoms with Gasteiger partial charge in [0, 0.05) is 37.6 Å². The van der Waals surface area contributed by atoms with Gasteiger partial charge in [0.05, 0.1) is 6.54 Å². The zero-order valence-corrected chi connectivity index (χ0v) is 19.4.